The average Bonchev–Trinajstić information content (AvgIpc) is 2.41. The molecule has 3 nitrogen and oxygen atoms in total. The first-order chi connectivity index (χ1) is 5.68. The maximum Gasteiger partial charge on any atom is 0.137 e. The van der Waals surface area contributed by atoms with Crippen molar-refractivity contribution in [2.45, 2.75) is 31.8 Å². The van der Waals surface area contributed by atoms with E-state index in [9.17, 15) is 14.7 Å². The van der Waals surface area contributed by atoms with E-state index in [-0.39, 0.29) is 23.4 Å². The lowest BCUT2D eigenvalue weighted by molar-refractivity contribution is -0.136. The third-order valence-corrected chi connectivity index (χ3v) is 2.98. The van der Waals surface area contributed by atoms with Gasteiger partial charge in [-0.15, -0.1) is 0 Å². The highest BCUT2D eigenvalue weighted by atomic mass is 16.3. The smallest absolute Gasteiger partial charge is 0.137 e. The zero-order chi connectivity index (χ0) is 8.72. The van der Waals surface area contributed by atoms with Gasteiger partial charge in [0, 0.05) is 24.7 Å². The zero-order valence-corrected chi connectivity index (χ0v) is 6.82. The van der Waals surface area contributed by atoms with Crippen LogP contribution in [-0.2, 0) is 9.59 Å². The summed E-state index contributed by atoms with van der Waals surface area (Å²) in [5, 5.41) is 9.29. The lowest BCUT2D eigenvalue weighted by atomic mass is 9.80. The van der Waals surface area contributed by atoms with Crippen molar-refractivity contribution < 1.29 is 14.7 Å². The molecule has 0 aromatic rings. The van der Waals surface area contributed by atoms with Crippen LogP contribution in [0.2, 0.25) is 0 Å². The molecule has 3 heteroatoms. The standard InChI is InChI=1S/C9H12O3/c10-5-3-6-7(4-5)9(12)2-1-8(6)11/h5-7,10H,1-4H2. The number of Topliss-reactive ketones (excluding diaryl/α,β-unsaturated/α-hetero) is 2. The molecule has 12 heavy (non-hydrogen) atoms. The molecule has 2 saturated carbocycles. The first kappa shape index (κ1) is 7.92. The van der Waals surface area contributed by atoms with Gasteiger partial charge in [-0.2, -0.15) is 0 Å². The van der Waals surface area contributed by atoms with E-state index in [1.807, 2.05) is 0 Å². The highest BCUT2D eigenvalue weighted by molar-refractivity contribution is 5.96. The summed E-state index contributed by atoms with van der Waals surface area (Å²) < 4.78 is 0. The van der Waals surface area contributed by atoms with Crippen molar-refractivity contribution >= 4 is 11.6 Å². The zero-order valence-electron chi connectivity index (χ0n) is 6.82. The topological polar surface area (TPSA) is 54.4 Å². The number of carbonyl (C=O) groups is 2. The van der Waals surface area contributed by atoms with E-state index in [0.717, 1.165) is 0 Å². The van der Waals surface area contributed by atoms with Gasteiger partial charge in [-0.1, -0.05) is 0 Å². The van der Waals surface area contributed by atoms with Gasteiger partial charge in [0.2, 0.25) is 0 Å². The lowest BCUT2D eigenvalue weighted by Gasteiger charge is -2.21. The van der Waals surface area contributed by atoms with Crippen LogP contribution in [0.3, 0.4) is 0 Å². The largest absolute Gasteiger partial charge is 0.393 e. The van der Waals surface area contributed by atoms with Gasteiger partial charge in [0.1, 0.15) is 11.6 Å². The Bertz CT molecular complexity index is 210. The van der Waals surface area contributed by atoms with Gasteiger partial charge >= 0.3 is 0 Å². The normalized spacial score (nSPS) is 41.6. The summed E-state index contributed by atoms with van der Waals surface area (Å²) in [4.78, 5) is 22.6. The molecule has 0 saturated heterocycles. The number of ketones is 2. The minimum Gasteiger partial charge on any atom is -0.393 e. The molecular formula is C9H12O3. The first-order valence-electron chi connectivity index (χ1n) is 4.42. The number of hydrogen-bond donors (Lipinski definition) is 1. The van der Waals surface area contributed by atoms with Gasteiger partial charge in [0.05, 0.1) is 6.10 Å². The van der Waals surface area contributed by atoms with Crippen LogP contribution in [-0.4, -0.2) is 22.8 Å². The summed E-state index contributed by atoms with van der Waals surface area (Å²) in [7, 11) is 0. The molecule has 0 aromatic carbocycles. The van der Waals surface area contributed by atoms with E-state index in [0.29, 0.717) is 25.7 Å². The van der Waals surface area contributed by atoms with Gasteiger partial charge in [-0.05, 0) is 12.8 Å². The Morgan fingerprint density at radius 2 is 1.42 bits per heavy atom. The Kier molecular flexibility index (Phi) is 1.76. The van der Waals surface area contributed by atoms with Crippen LogP contribution in [0, 0.1) is 11.8 Å². The summed E-state index contributed by atoms with van der Waals surface area (Å²) in [5.41, 5.74) is 0. The van der Waals surface area contributed by atoms with Crippen molar-refractivity contribution in [3.63, 3.8) is 0 Å². The maximum absolute atomic E-state index is 11.3. The van der Waals surface area contributed by atoms with E-state index in [1.54, 1.807) is 0 Å². The van der Waals surface area contributed by atoms with Crippen molar-refractivity contribution in [3.05, 3.63) is 0 Å². The Morgan fingerprint density at radius 3 is 1.83 bits per heavy atom. The van der Waals surface area contributed by atoms with Crippen molar-refractivity contribution in [2.75, 3.05) is 0 Å². The SMILES string of the molecule is O=C1CCC(=O)C2CC(O)CC12. The van der Waals surface area contributed by atoms with Crippen LogP contribution in [0.1, 0.15) is 25.7 Å². The minimum atomic E-state index is -0.425. The Hall–Kier alpha value is -0.700. The van der Waals surface area contributed by atoms with Gasteiger partial charge in [-0.3, -0.25) is 9.59 Å². The van der Waals surface area contributed by atoms with Gasteiger partial charge in [-0.25, -0.2) is 0 Å². The number of carbonyl (C=O) groups excluding carboxylic acids is 2. The van der Waals surface area contributed by atoms with E-state index in [2.05, 4.69) is 0 Å². The van der Waals surface area contributed by atoms with Crippen molar-refractivity contribution in [2.24, 2.45) is 11.8 Å². The predicted octanol–water partition coefficient (Wildman–Crippen LogP) is 0.305. The number of hydrogen-bond acceptors (Lipinski definition) is 3. The Balaban J connectivity index is 2.20. The summed E-state index contributed by atoms with van der Waals surface area (Å²) in [6, 6.07) is 0. The van der Waals surface area contributed by atoms with Gasteiger partial charge in [0.25, 0.3) is 0 Å². The molecular weight excluding hydrogens is 156 g/mol. The van der Waals surface area contributed by atoms with Crippen molar-refractivity contribution in [3.8, 4) is 0 Å². The predicted molar refractivity (Wildman–Crippen MR) is 41.5 cm³/mol. The van der Waals surface area contributed by atoms with Crippen LogP contribution in [0.5, 0.6) is 0 Å². The van der Waals surface area contributed by atoms with E-state index < -0.39 is 6.10 Å². The molecule has 0 spiro atoms. The molecule has 0 heterocycles. The molecule has 0 aromatic heterocycles. The van der Waals surface area contributed by atoms with Gasteiger partial charge < -0.3 is 5.11 Å². The number of aliphatic hydroxyl groups excluding tert-OH is 1. The van der Waals surface area contributed by atoms with Crippen LogP contribution in [0.25, 0.3) is 0 Å². The number of aliphatic hydroxyl groups is 1. The quantitative estimate of drug-likeness (QED) is 0.566. The molecule has 0 bridgehead atoms. The third-order valence-electron chi connectivity index (χ3n) is 2.98. The van der Waals surface area contributed by atoms with Crippen LogP contribution < -0.4 is 0 Å². The fourth-order valence-electron chi connectivity index (χ4n) is 2.34. The first-order valence-corrected chi connectivity index (χ1v) is 4.42. The molecule has 2 aliphatic carbocycles. The molecule has 0 aliphatic heterocycles. The highest BCUT2D eigenvalue weighted by Crippen LogP contribution is 2.38. The summed E-state index contributed by atoms with van der Waals surface area (Å²) in [5.74, 6) is 0.0507. The fourth-order valence-corrected chi connectivity index (χ4v) is 2.34. The summed E-state index contributed by atoms with van der Waals surface area (Å²) in [6.45, 7) is 0. The number of fused-ring (bicyclic) bond motifs is 1. The average molecular weight is 168 g/mol. The molecule has 2 atom stereocenters. The van der Waals surface area contributed by atoms with E-state index in [1.165, 1.54) is 0 Å². The summed E-state index contributed by atoms with van der Waals surface area (Å²) in [6.07, 6.45) is 1.38. The molecule has 1 N–H and O–H groups in total. The van der Waals surface area contributed by atoms with Crippen LogP contribution >= 0.6 is 0 Å². The van der Waals surface area contributed by atoms with Crippen LogP contribution in [0.4, 0.5) is 0 Å². The minimum absolute atomic E-state index is 0.152. The Labute approximate surface area is 70.8 Å². The molecule has 2 fully saturated rings. The highest BCUT2D eigenvalue weighted by Gasteiger charge is 2.44. The number of rotatable bonds is 0. The molecule has 2 unspecified atom stereocenters. The second-order valence-corrected chi connectivity index (χ2v) is 3.77. The summed E-state index contributed by atoms with van der Waals surface area (Å²) >= 11 is 0. The monoisotopic (exact) mass is 168 g/mol. The molecule has 0 amide bonds. The second-order valence-electron chi connectivity index (χ2n) is 3.77. The molecule has 2 rings (SSSR count). The maximum atomic E-state index is 11.3. The third kappa shape index (κ3) is 1.08. The van der Waals surface area contributed by atoms with Crippen molar-refractivity contribution in [1.29, 1.82) is 0 Å². The molecule has 2 aliphatic rings. The second kappa shape index (κ2) is 2.66. The molecule has 0 radical (unpaired) electrons. The molecule has 66 valence electrons. The van der Waals surface area contributed by atoms with E-state index >= 15 is 0 Å². The lowest BCUT2D eigenvalue weighted by Crippen LogP contribution is -2.31. The fraction of sp³-hybridized carbons (Fsp3) is 0.778. The van der Waals surface area contributed by atoms with Crippen LogP contribution in [0.15, 0.2) is 0 Å². The van der Waals surface area contributed by atoms with Gasteiger partial charge in [0.15, 0.2) is 0 Å². The van der Waals surface area contributed by atoms with E-state index in [4.69, 9.17) is 0 Å². The van der Waals surface area contributed by atoms with Crippen molar-refractivity contribution in [1.82, 2.24) is 0 Å². The Morgan fingerprint density at radius 1 is 1.00 bits per heavy atom.